The van der Waals surface area contributed by atoms with Gasteiger partial charge in [0.15, 0.2) is 0 Å². The number of nitrogens with zero attached hydrogens (tertiary/aromatic N) is 2. The molecule has 1 aromatic carbocycles. The first-order chi connectivity index (χ1) is 8.70. The summed E-state index contributed by atoms with van der Waals surface area (Å²) in [5.41, 5.74) is 1.95. The van der Waals surface area contributed by atoms with Gasteiger partial charge in [0, 0.05) is 11.8 Å². The number of aromatic nitrogens is 2. The van der Waals surface area contributed by atoms with Gasteiger partial charge in [0.2, 0.25) is 5.88 Å². The van der Waals surface area contributed by atoms with Crippen molar-refractivity contribution in [3.63, 3.8) is 0 Å². The molecule has 1 N–H and O–H groups in total. The summed E-state index contributed by atoms with van der Waals surface area (Å²) in [6, 6.07) is 9.87. The maximum atomic E-state index is 9.47. The smallest absolute Gasteiger partial charge is 0.236 e. The summed E-state index contributed by atoms with van der Waals surface area (Å²) in [4.78, 5) is 0. The molecule has 0 unspecified atom stereocenters. The van der Waals surface area contributed by atoms with E-state index in [1.807, 2.05) is 50.4 Å². The number of aliphatic hydroxyl groups excluding tert-OH is 1. The Morgan fingerprint density at radius 3 is 2.72 bits per heavy atom. The van der Waals surface area contributed by atoms with Crippen molar-refractivity contribution in [2.75, 3.05) is 6.61 Å². The normalized spacial score (nSPS) is 12.4. The molecule has 18 heavy (non-hydrogen) atoms. The first kappa shape index (κ1) is 12.6. The Labute approximate surface area is 107 Å². The Kier molecular flexibility index (Phi) is 3.99. The molecule has 4 heteroatoms. The first-order valence-corrected chi connectivity index (χ1v) is 6.13. The van der Waals surface area contributed by atoms with E-state index in [9.17, 15) is 5.11 Å². The molecule has 0 aliphatic rings. The molecule has 2 rings (SSSR count). The fourth-order valence-electron chi connectivity index (χ4n) is 1.59. The van der Waals surface area contributed by atoms with Crippen molar-refractivity contribution in [1.82, 2.24) is 9.78 Å². The molecular formula is C14H18N2O2. The summed E-state index contributed by atoms with van der Waals surface area (Å²) in [5, 5.41) is 13.8. The van der Waals surface area contributed by atoms with Crippen molar-refractivity contribution < 1.29 is 9.84 Å². The Morgan fingerprint density at radius 1 is 1.33 bits per heavy atom. The SMILES string of the molecule is CC[C@H](O)COc1nn(-c2ccccc2)cc1C. The van der Waals surface area contributed by atoms with Crippen molar-refractivity contribution in [2.45, 2.75) is 26.4 Å². The number of aliphatic hydroxyl groups is 1. The number of para-hydroxylation sites is 1. The van der Waals surface area contributed by atoms with Gasteiger partial charge >= 0.3 is 0 Å². The summed E-state index contributed by atoms with van der Waals surface area (Å²) in [6.07, 6.45) is 2.16. The number of benzene rings is 1. The largest absolute Gasteiger partial charge is 0.474 e. The van der Waals surface area contributed by atoms with E-state index in [0.29, 0.717) is 12.3 Å². The van der Waals surface area contributed by atoms with Gasteiger partial charge in [-0.25, -0.2) is 4.68 Å². The van der Waals surface area contributed by atoms with Crippen LogP contribution in [0.3, 0.4) is 0 Å². The molecule has 0 saturated carbocycles. The van der Waals surface area contributed by atoms with Crippen LogP contribution in [0.2, 0.25) is 0 Å². The topological polar surface area (TPSA) is 47.3 Å². The van der Waals surface area contributed by atoms with Crippen LogP contribution in [0.4, 0.5) is 0 Å². The Hall–Kier alpha value is -1.81. The number of aryl methyl sites for hydroxylation is 1. The second kappa shape index (κ2) is 5.69. The quantitative estimate of drug-likeness (QED) is 0.880. The molecular weight excluding hydrogens is 228 g/mol. The average Bonchev–Trinajstić information content (AvgIpc) is 2.78. The minimum Gasteiger partial charge on any atom is -0.474 e. The van der Waals surface area contributed by atoms with E-state index in [-0.39, 0.29) is 6.61 Å². The minimum atomic E-state index is -0.439. The van der Waals surface area contributed by atoms with Crippen LogP contribution in [0.5, 0.6) is 5.88 Å². The van der Waals surface area contributed by atoms with Crippen LogP contribution in [0.1, 0.15) is 18.9 Å². The van der Waals surface area contributed by atoms with E-state index >= 15 is 0 Å². The molecule has 96 valence electrons. The lowest BCUT2D eigenvalue weighted by atomic mass is 10.3. The van der Waals surface area contributed by atoms with Crippen LogP contribution in [-0.2, 0) is 0 Å². The molecule has 1 atom stereocenters. The van der Waals surface area contributed by atoms with Crippen molar-refractivity contribution in [3.05, 3.63) is 42.1 Å². The maximum Gasteiger partial charge on any atom is 0.236 e. The van der Waals surface area contributed by atoms with Gasteiger partial charge in [0.05, 0.1) is 11.8 Å². The van der Waals surface area contributed by atoms with E-state index < -0.39 is 6.10 Å². The van der Waals surface area contributed by atoms with Gasteiger partial charge in [0.1, 0.15) is 6.61 Å². The van der Waals surface area contributed by atoms with E-state index in [1.54, 1.807) is 4.68 Å². The molecule has 0 saturated heterocycles. The van der Waals surface area contributed by atoms with Gasteiger partial charge in [0.25, 0.3) is 0 Å². The molecule has 2 aromatic rings. The van der Waals surface area contributed by atoms with Crippen LogP contribution in [-0.4, -0.2) is 27.6 Å². The summed E-state index contributed by atoms with van der Waals surface area (Å²) in [7, 11) is 0. The predicted octanol–water partition coefficient (Wildman–Crippen LogP) is 2.33. The fraction of sp³-hybridized carbons (Fsp3) is 0.357. The van der Waals surface area contributed by atoms with Crippen molar-refractivity contribution >= 4 is 0 Å². The lowest BCUT2D eigenvalue weighted by Gasteiger charge is -2.08. The van der Waals surface area contributed by atoms with Gasteiger partial charge < -0.3 is 9.84 Å². The van der Waals surface area contributed by atoms with Gasteiger partial charge in [-0.2, -0.15) is 0 Å². The van der Waals surface area contributed by atoms with Crippen molar-refractivity contribution in [1.29, 1.82) is 0 Å². The van der Waals surface area contributed by atoms with Crippen molar-refractivity contribution in [2.24, 2.45) is 0 Å². The summed E-state index contributed by atoms with van der Waals surface area (Å²) in [5.74, 6) is 0.575. The third-order valence-corrected chi connectivity index (χ3v) is 2.76. The van der Waals surface area contributed by atoms with Crippen LogP contribution >= 0.6 is 0 Å². The predicted molar refractivity (Wildman–Crippen MR) is 70.1 cm³/mol. The molecule has 1 heterocycles. The van der Waals surface area contributed by atoms with Crippen LogP contribution in [0, 0.1) is 6.92 Å². The summed E-state index contributed by atoms with van der Waals surface area (Å²) >= 11 is 0. The van der Waals surface area contributed by atoms with E-state index in [0.717, 1.165) is 11.3 Å². The maximum absolute atomic E-state index is 9.47. The van der Waals surface area contributed by atoms with E-state index in [1.165, 1.54) is 0 Å². The highest BCUT2D eigenvalue weighted by Gasteiger charge is 2.09. The Morgan fingerprint density at radius 2 is 2.06 bits per heavy atom. The Bertz CT molecular complexity index is 494. The molecule has 0 spiro atoms. The second-order valence-corrected chi connectivity index (χ2v) is 4.27. The van der Waals surface area contributed by atoms with E-state index in [2.05, 4.69) is 5.10 Å². The number of rotatable bonds is 5. The monoisotopic (exact) mass is 246 g/mol. The molecule has 4 nitrogen and oxygen atoms in total. The zero-order valence-electron chi connectivity index (χ0n) is 10.7. The lowest BCUT2D eigenvalue weighted by molar-refractivity contribution is 0.101. The van der Waals surface area contributed by atoms with Gasteiger partial charge in [-0.15, -0.1) is 5.10 Å². The number of hydrogen-bond acceptors (Lipinski definition) is 3. The van der Waals surface area contributed by atoms with Crippen LogP contribution in [0.25, 0.3) is 5.69 Å². The third-order valence-electron chi connectivity index (χ3n) is 2.76. The van der Waals surface area contributed by atoms with Crippen LogP contribution < -0.4 is 4.74 Å². The molecule has 0 fully saturated rings. The standard InChI is InChI=1S/C14H18N2O2/c1-3-13(17)10-18-14-11(2)9-16(15-14)12-7-5-4-6-8-12/h4-9,13,17H,3,10H2,1-2H3/t13-/m0/s1. The average molecular weight is 246 g/mol. The third kappa shape index (κ3) is 2.90. The van der Waals surface area contributed by atoms with Gasteiger partial charge in [-0.1, -0.05) is 25.1 Å². The highest BCUT2D eigenvalue weighted by atomic mass is 16.5. The molecule has 0 aliphatic heterocycles. The molecule has 0 aliphatic carbocycles. The molecule has 0 amide bonds. The highest BCUT2D eigenvalue weighted by Crippen LogP contribution is 2.18. The Balaban J connectivity index is 2.12. The second-order valence-electron chi connectivity index (χ2n) is 4.27. The number of hydrogen-bond donors (Lipinski definition) is 1. The van der Waals surface area contributed by atoms with Crippen LogP contribution in [0.15, 0.2) is 36.5 Å². The fourth-order valence-corrected chi connectivity index (χ4v) is 1.59. The molecule has 0 bridgehead atoms. The summed E-state index contributed by atoms with van der Waals surface area (Å²) in [6.45, 7) is 4.15. The molecule has 0 radical (unpaired) electrons. The highest BCUT2D eigenvalue weighted by molar-refractivity contribution is 5.33. The first-order valence-electron chi connectivity index (χ1n) is 6.13. The summed E-state index contributed by atoms with van der Waals surface area (Å²) < 4.78 is 7.29. The lowest BCUT2D eigenvalue weighted by Crippen LogP contribution is -2.16. The van der Waals surface area contributed by atoms with Gasteiger partial charge in [-0.3, -0.25) is 0 Å². The van der Waals surface area contributed by atoms with E-state index in [4.69, 9.17) is 4.74 Å². The van der Waals surface area contributed by atoms with Crippen molar-refractivity contribution in [3.8, 4) is 11.6 Å². The van der Waals surface area contributed by atoms with Gasteiger partial charge in [-0.05, 0) is 25.5 Å². The minimum absolute atomic E-state index is 0.281. The zero-order valence-corrected chi connectivity index (χ0v) is 10.7. The number of ether oxygens (including phenoxy) is 1. The molecule has 1 aromatic heterocycles. The zero-order chi connectivity index (χ0) is 13.0.